The fourth-order valence-corrected chi connectivity index (χ4v) is 5.50. The zero-order valence-electron chi connectivity index (χ0n) is 18.7. The van der Waals surface area contributed by atoms with Gasteiger partial charge < -0.3 is 14.7 Å². The topological polar surface area (TPSA) is 48.8 Å². The van der Waals surface area contributed by atoms with Crippen molar-refractivity contribution in [3.63, 3.8) is 0 Å². The number of anilines is 1. The number of aryl methyl sites for hydroxylation is 1. The normalized spacial score (nSPS) is 17.6. The lowest BCUT2D eigenvalue weighted by molar-refractivity contribution is -0.274. The third-order valence-electron chi connectivity index (χ3n) is 5.81. The molecule has 1 fully saturated rings. The van der Waals surface area contributed by atoms with E-state index in [1.807, 2.05) is 13.0 Å². The van der Waals surface area contributed by atoms with Gasteiger partial charge in [0.15, 0.2) is 5.13 Å². The van der Waals surface area contributed by atoms with Crippen LogP contribution in [0.4, 0.5) is 18.3 Å². The van der Waals surface area contributed by atoms with Crippen LogP contribution in [0.1, 0.15) is 37.3 Å². The van der Waals surface area contributed by atoms with Gasteiger partial charge in [-0.05, 0) is 48.7 Å². The van der Waals surface area contributed by atoms with Crippen molar-refractivity contribution >= 4 is 26.7 Å². The molecule has 2 heterocycles. The predicted octanol–water partition coefficient (Wildman–Crippen LogP) is 6.09. The summed E-state index contributed by atoms with van der Waals surface area (Å²) in [4.78, 5) is 9.42. The van der Waals surface area contributed by atoms with Crippen molar-refractivity contribution < 1.29 is 23.0 Å². The van der Waals surface area contributed by atoms with E-state index < -0.39 is 6.36 Å². The summed E-state index contributed by atoms with van der Waals surface area (Å²) in [6.45, 7) is 7.41. The zero-order chi connectivity index (χ0) is 23.6. The lowest BCUT2D eigenvalue weighted by Crippen LogP contribution is -2.53. The van der Waals surface area contributed by atoms with Crippen molar-refractivity contribution in [2.75, 3.05) is 24.5 Å². The number of hydrogen-bond acceptors (Lipinski definition) is 6. The van der Waals surface area contributed by atoms with Crippen molar-refractivity contribution in [2.24, 2.45) is 0 Å². The molecule has 1 N–H and O–H groups in total. The highest BCUT2D eigenvalue weighted by molar-refractivity contribution is 7.22. The van der Waals surface area contributed by atoms with E-state index in [2.05, 4.69) is 27.5 Å². The maximum atomic E-state index is 12.6. The second-order valence-corrected chi connectivity index (χ2v) is 9.58. The number of hydrogen-bond donors (Lipinski definition) is 1. The van der Waals surface area contributed by atoms with E-state index in [1.165, 1.54) is 23.5 Å². The molecular weight excluding hydrogens is 451 g/mol. The molecule has 1 saturated heterocycles. The minimum atomic E-state index is -4.71. The minimum absolute atomic E-state index is 0.223. The summed E-state index contributed by atoms with van der Waals surface area (Å²) in [5.74, 6) is 0.0634. The molecule has 33 heavy (non-hydrogen) atoms. The van der Waals surface area contributed by atoms with E-state index in [1.54, 1.807) is 12.1 Å². The largest absolute Gasteiger partial charge is 0.573 e. The number of rotatable bonds is 7. The Morgan fingerprint density at radius 2 is 2.00 bits per heavy atom. The molecule has 0 spiro atoms. The Morgan fingerprint density at radius 3 is 2.73 bits per heavy atom. The van der Waals surface area contributed by atoms with E-state index in [-0.39, 0.29) is 17.5 Å². The van der Waals surface area contributed by atoms with E-state index in [0.717, 1.165) is 61.7 Å². The Balaban J connectivity index is 1.52. The molecule has 1 atom stereocenters. The lowest BCUT2D eigenvalue weighted by atomic mass is 10.0. The van der Waals surface area contributed by atoms with Crippen molar-refractivity contribution in [3.05, 3.63) is 47.5 Å². The van der Waals surface area contributed by atoms with Crippen LogP contribution in [-0.4, -0.2) is 47.0 Å². The molecule has 1 aliphatic rings. The first-order chi connectivity index (χ1) is 15.7. The average Bonchev–Trinajstić information content (AvgIpc) is 3.13. The third kappa shape index (κ3) is 6.09. The van der Waals surface area contributed by atoms with Gasteiger partial charge in [0.1, 0.15) is 11.5 Å². The first kappa shape index (κ1) is 23.6. The molecule has 9 heteroatoms. The van der Waals surface area contributed by atoms with Gasteiger partial charge in [0, 0.05) is 38.3 Å². The molecule has 178 valence electrons. The summed E-state index contributed by atoms with van der Waals surface area (Å²) >= 11 is 1.41. The van der Waals surface area contributed by atoms with Gasteiger partial charge in [-0.2, -0.15) is 0 Å². The van der Waals surface area contributed by atoms with E-state index in [0.29, 0.717) is 10.2 Å². The number of piperazine rings is 1. The minimum Gasteiger partial charge on any atom is -0.508 e. The highest BCUT2D eigenvalue weighted by atomic mass is 32.1. The number of fused-ring (bicyclic) bond motifs is 1. The number of ether oxygens (including phenoxy) is 1. The maximum absolute atomic E-state index is 12.6. The van der Waals surface area contributed by atoms with Crippen LogP contribution >= 0.6 is 11.3 Å². The highest BCUT2D eigenvalue weighted by Crippen LogP contribution is 2.35. The summed E-state index contributed by atoms with van der Waals surface area (Å²) in [6.07, 6.45) is -1.51. The Hall–Kier alpha value is -2.52. The summed E-state index contributed by atoms with van der Waals surface area (Å²) in [5, 5.41) is 10.8. The Kier molecular flexibility index (Phi) is 6.99. The number of aromatic nitrogens is 1. The van der Waals surface area contributed by atoms with Crippen molar-refractivity contribution in [1.29, 1.82) is 0 Å². The molecule has 0 aliphatic carbocycles. The second kappa shape index (κ2) is 9.77. The molecule has 1 aromatic heterocycles. The van der Waals surface area contributed by atoms with Gasteiger partial charge >= 0.3 is 6.36 Å². The van der Waals surface area contributed by atoms with Crippen LogP contribution in [0.2, 0.25) is 0 Å². The van der Waals surface area contributed by atoms with Crippen LogP contribution < -0.4 is 9.64 Å². The Morgan fingerprint density at radius 1 is 1.18 bits per heavy atom. The molecule has 5 nitrogen and oxygen atoms in total. The van der Waals surface area contributed by atoms with Gasteiger partial charge in [-0.1, -0.05) is 37.2 Å². The smallest absolute Gasteiger partial charge is 0.508 e. The SMILES string of the molecule is CCCC[C@@H]1CN(Cc2cc(C)cc(O)c2)CCN1c1nc2ccc(OC(F)(F)F)cc2s1. The number of nitrogens with zero attached hydrogens (tertiary/aromatic N) is 3. The van der Waals surface area contributed by atoms with Crippen LogP contribution in [0.3, 0.4) is 0 Å². The zero-order valence-corrected chi connectivity index (χ0v) is 19.5. The van der Waals surface area contributed by atoms with Gasteiger partial charge in [0.2, 0.25) is 0 Å². The van der Waals surface area contributed by atoms with Gasteiger partial charge in [0.05, 0.1) is 10.2 Å². The Bertz CT molecular complexity index is 1080. The standard InChI is InChI=1S/C24H28F3N3O2S/c1-3-4-5-18-15-29(14-17-10-16(2)11-19(31)12-17)8-9-30(18)23-28-21-7-6-20(13-22(21)33-23)32-24(25,26)27/h6-7,10-13,18,31H,3-5,8-9,14-15H2,1-2H3/t18-/m1/s1. The fraction of sp³-hybridized carbons (Fsp3) is 0.458. The molecule has 0 bridgehead atoms. The number of thiazole rings is 1. The molecule has 0 saturated carbocycles. The number of unbranched alkanes of at least 4 members (excludes halogenated alkanes) is 1. The average molecular weight is 480 g/mol. The molecule has 0 radical (unpaired) electrons. The number of phenols is 1. The van der Waals surface area contributed by atoms with Crippen LogP contribution in [-0.2, 0) is 6.54 Å². The molecule has 1 aliphatic heterocycles. The molecule has 2 aromatic carbocycles. The number of benzene rings is 2. The van der Waals surface area contributed by atoms with Gasteiger partial charge in [-0.15, -0.1) is 13.2 Å². The van der Waals surface area contributed by atoms with Gasteiger partial charge in [-0.3, -0.25) is 4.90 Å². The first-order valence-corrected chi connectivity index (χ1v) is 12.0. The van der Waals surface area contributed by atoms with Crippen LogP contribution in [0.5, 0.6) is 11.5 Å². The predicted molar refractivity (Wildman–Crippen MR) is 125 cm³/mol. The summed E-state index contributed by atoms with van der Waals surface area (Å²) in [5.41, 5.74) is 2.80. The number of phenolic OH excluding ortho intramolecular Hbond substituents is 1. The van der Waals surface area contributed by atoms with Crippen LogP contribution in [0.15, 0.2) is 36.4 Å². The van der Waals surface area contributed by atoms with Crippen LogP contribution in [0.25, 0.3) is 10.2 Å². The number of aromatic hydroxyl groups is 1. The number of alkyl halides is 3. The lowest BCUT2D eigenvalue weighted by Gasteiger charge is -2.41. The summed E-state index contributed by atoms with van der Waals surface area (Å²) in [6, 6.07) is 10.2. The van der Waals surface area contributed by atoms with E-state index in [4.69, 9.17) is 4.98 Å². The fourth-order valence-electron chi connectivity index (χ4n) is 4.40. The Labute approximate surface area is 195 Å². The van der Waals surface area contributed by atoms with Crippen molar-refractivity contribution in [3.8, 4) is 11.5 Å². The summed E-state index contributed by atoms with van der Waals surface area (Å²) in [7, 11) is 0. The second-order valence-electron chi connectivity index (χ2n) is 8.58. The highest BCUT2D eigenvalue weighted by Gasteiger charge is 2.32. The summed E-state index contributed by atoms with van der Waals surface area (Å²) < 4.78 is 42.5. The third-order valence-corrected chi connectivity index (χ3v) is 6.87. The van der Waals surface area contributed by atoms with Crippen molar-refractivity contribution in [2.45, 2.75) is 52.1 Å². The molecule has 3 aromatic rings. The van der Waals surface area contributed by atoms with Crippen molar-refractivity contribution in [1.82, 2.24) is 9.88 Å². The van der Waals surface area contributed by atoms with E-state index >= 15 is 0 Å². The molecule has 4 rings (SSSR count). The maximum Gasteiger partial charge on any atom is 0.573 e. The molecule has 0 amide bonds. The monoisotopic (exact) mass is 479 g/mol. The van der Waals surface area contributed by atoms with Crippen LogP contribution in [0, 0.1) is 6.92 Å². The quantitative estimate of drug-likeness (QED) is 0.444. The molecular formula is C24H28F3N3O2S. The van der Waals surface area contributed by atoms with E-state index in [9.17, 15) is 18.3 Å². The van der Waals surface area contributed by atoms with Gasteiger partial charge in [0.25, 0.3) is 0 Å². The molecule has 0 unspecified atom stereocenters. The van der Waals surface area contributed by atoms with Gasteiger partial charge in [-0.25, -0.2) is 4.98 Å². The first-order valence-electron chi connectivity index (χ1n) is 11.1. The number of halogens is 3.